The second-order valence-electron chi connectivity index (χ2n) is 4.86. The zero-order valence-electron chi connectivity index (χ0n) is 13.2. The number of phenols is 3. The molecule has 0 aromatic heterocycles. The van der Waals surface area contributed by atoms with Crippen LogP contribution in [-0.2, 0) is 12.8 Å². The predicted octanol–water partition coefficient (Wildman–Crippen LogP) is 2.73. The van der Waals surface area contributed by atoms with E-state index < -0.39 is 0 Å². The third-order valence-electron chi connectivity index (χ3n) is 3.10. The molecule has 2 aromatic rings. The lowest BCUT2D eigenvalue weighted by atomic mass is 10.1. The Hall–Kier alpha value is -2.66. The molecule has 0 aliphatic heterocycles. The summed E-state index contributed by atoms with van der Waals surface area (Å²) >= 11 is 0. The monoisotopic (exact) mass is 317 g/mol. The maximum atomic E-state index is 9.25. The van der Waals surface area contributed by atoms with E-state index in [0.717, 1.165) is 17.5 Å². The zero-order chi connectivity index (χ0) is 17.2. The van der Waals surface area contributed by atoms with E-state index >= 15 is 0 Å². The van der Waals surface area contributed by atoms with Gasteiger partial charge in [-0.25, -0.2) is 0 Å². The van der Waals surface area contributed by atoms with Crippen LogP contribution in [0.25, 0.3) is 0 Å². The first kappa shape index (κ1) is 18.4. The van der Waals surface area contributed by atoms with Gasteiger partial charge in [-0.05, 0) is 54.8 Å². The molecule has 2 aromatic carbocycles. The summed E-state index contributed by atoms with van der Waals surface area (Å²) in [5.74, 6) is 0.501. The van der Waals surface area contributed by atoms with Gasteiger partial charge in [-0.3, -0.25) is 0 Å². The van der Waals surface area contributed by atoms with Crippen LogP contribution in [0.3, 0.4) is 0 Å². The molecule has 0 bridgehead atoms. The molecule has 0 radical (unpaired) electrons. The molecule has 5 nitrogen and oxygen atoms in total. The molecule has 0 fully saturated rings. The lowest BCUT2D eigenvalue weighted by Crippen LogP contribution is -2.02. The Morgan fingerprint density at radius 1 is 1.00 bits per heavy atom. The Kier molecular flexibility index (Phi) is 7.50. The summed E-state index contributed by atoms with van der Waals surface area (Å²) in [5, 5.41) is 27.2. The van der Waals surface area contributed by atoms with E-state index in [-0.39, 0.29) is 17.2 Å². The summed E-state index contributed by atoms with van der Waals surface area (Å²) < 4.78 is 4.95. The number of methoxy groups -OCH3 is 1. The van der Waals surface area contributed by atoms with E-state index in [1.54, 1.807) is 18.2 Å². The van der Waals surface area contributed by atoms with Crippen LogP contribution in [0.4, 0.5) is 0 Å². The van der Waals surface area contributed by atoms with Crippen LogP contribution in [0, 0.1) is 0 Å². The molecular weight excluding hydrogens is 294 g/mol. The largest absolute Gasteiger partial charge is 0.504 e. The molecule has 0 aliphatic rings. The zero-order valence-corrected chi connectivity index (χ0v) is 13.2. The van der Waals surface area contributed by atoms with Gasteiger partial charge in [-0.15, -0.1) is 6.58 Å². The molecule has 0 saturated carbocycles. The number of hydrogen-bond acceptors (Lipinski definition) is 5. The van der Waals surface area contributed by atoms with Crippen molar-refractivity contribution >= 4 is 0 Å². The first-order chi connectivity index (χ1) is 11.0. The van der Waals surface area contributed by atoms with Gasteiger partial charge in [0.2, 0.25) is 0 Å². The van der Waals surface area contributed by atoms with Gasteiger partial charge in [0.25, 0.3) is 0 Å². The Balaban J connectivity index is 0.000000231. The van der Waals surface area contributed by atoms with Gasteiger partial charge in [0.15, 0.2) is 23.0 Å². The fraction of sp³-hybridized carbons (Fsp3) is 0.222. The standard InChI is InChI=1S/C10H12O2.C8H11NO2/c1-3-4-8-5-6-9(11)10(7-8)12-2;9-4-3-6-1-2-7(10)8(11)5-6/h3,5-7,11H,1,4H2,2H3;1-2,5,10-11H,3-4,9H2. The third kappa shape index (κ3) is 5.92. The van der Waals surface area contributed by atoms with Gasteiger partial charge in [-0.2, -0.15) is 0 Å². The smallest absolute Gasteiger partial charge is 0.160 e. The minimum Gasteiger partial charge on any atom is -0.504 e. The molecule has 0 heterocycles. The average Bonchev–Trinajstić information content (AvgIpc) is 2.54. The van der Waals surface area contributed by atoms with Crippen LogP contribution in [0.1, 0.15) is 11.1 Å². The van der Waals surface area contributed by atoms with Crippen LogP contribution in [0.15, 0.2) is 49.1 Å². The fourth-order valence-corrected chi connectivity index (χ4v) is 1.91. The average molecular weight is 317 g/mol. The molecule has 5 N–H and O–H groups in total. The number of phenolic OH excluding ortho intramolecular Hbond substituents is 3. The Labute approximate surface area is 136 Å². The molecule has 5 heteroatoms. The molecule has 0 spiro atoms. The number of ether oxygens (including phenoxy) is 1. The van der Waals surface area contributed by atoms with Crippen molar-refractivity contribution in [3.8, 4) is 23.0 Å². The topological polar surface area (TPSA) is 95.9 Å². The van der Waals surface area contributed by atoms with Crippen LogP contribution in [0.2, 0.25) is 0 Å². The molecule has 23 heavy (non-hydrogen) atoms. The fourth-order valence-electron chi connectivity index (χ4n) is 1.91. The highest BCUT2D eigenvalue weighted by molar-refractivity contribution is 5.42. The number of hydrogen-bond donors (Lipinski definition) is 4. The highest BCUT2D eigenvalue weighted by Gasteiger charge is 2.00. The molecule has 124 valence electrons. The lowest BCUT2D eigenvalue weighted by molar-refractivity contribution is 0.373. The highest BCUT2D eigenvalue weighted by Crippen LogP contribution is 2.26. The number of rotatable bonds is 5. The van der Waals surface area contributed by atoms with Crippen molar-refractivity contribution in [3.05, 3.63) is 60.2 Å². The van der Waals surface area contributed by atoms with Crippen molar-refractivity contribution < 1.29 is 20.1 Å². The quantitative estimate of drug-likeness (QED) is 0.502. The van der Waals surface area contributed by atoms with E-state index in [9.17, 15) is 5.11 Å². The van der Waals surface area contributed by atoms with Crippen molar-refractivity contribution in [1.29, 1.82) is 0 Å². The minimum absolute atomic E-state index is 0.0871. The number of nitrogens with two attached hydrogens (primary N) is 1. The molecule has 0 saturated heterocycles. The summed E-state index contributed by atoms with van der Waals surface area (Å²) in [7, 11) is 1.53. The SMILES string of the molecule is C=CCc1ccc(O)c(OC)c1.NCCc1ccc(O)c(O)c1. The second-order valence-corrected chi connectivity index (χ2v) is 4.86. The Morgan fingerprint density at radius 2 is 1.65 bits per heavy atom. The van der Waals surface area contributed by atoms with Crippen LogP contribution in [0.5, 0.6) is 23.0 Å². The van der Waals surface area contributed by atoms with E-state index in [4.69, 9.17) is 20.7 Å². The Morgan fingerprint density at radius 3 is 2.22 bits per heavy atom. The number of aromatic hydroxyl groups is 3. The highest BCUT2D eigenvalue weighted by atomic mass is 16.5. The number of benzene rings is 2. The van der Waals surface area contributed by atoms with Gasteiger partial charge in [0.05, 0.1) is 7.11 Å². The van der Waals surface area contributed by atoms with Gasteiger partial charge in [-0.1, -0.05) is 18.2 Å². The molecular formula is C18H23NO4. The first-order valence-electron chi connectivity index (χ1n) is 7.19. The van der Waals surface area contributed by atoms with Crippen LogP contribution < -0.4 is 10.5 Å². The Bertz CT molecular complexity index is 641. The summed E-state index contributed by atoms with van der Waals surface area (Å²) in [6.45, 7) is 4.18. The van der Waals surface area contributed by atoms with Crippen LogP contribution in [-0.4, -0.2) is 29.0 Å². The molecule has 0 unspecified atom stereocenters. The van der Waals surface area contributed by atoms with Gasteiger partial charge in [0, 0.05) is 0 Å². The van der Waals surface area contributed by atoms with Crippen molar-refractivity contribution in [2.45, 2.75) is 12.8 Å². The van der Waals surface area contributed by atoms with Crippen molar-refractivity contribution in [2.75, 3.05) is 13.7 Å². The summed E-state index contributed by atoms with van der Waals surface area (Å²) in [6, 6.07) is 9.98. The van der Waals surface area contributed by atoms with Crippen molar-refractivity contribution in [2.24, 2.45) is 5.73 Å². The number of allylic oxidation sites excluding steroid dienone is 1. The van der Waals surface area contributed by atoms with Gasteiger partial charge in [0.1, 0.15) is 0 Å². The summed E-state index contributed by atoms with van der Waals surface area (Å²) in [6.07, 6.45) is 3.32. The van der Waals surface area contributed by atoms with E-state index in [1.165, 1.54) is 19.2 Å². The van der Waals surface area contributed by atoms with Crippen molar-refractivity contribution in [3.63, 3.8) is 0 Å². The summed E-state index contributed by atoms with van der Waals surface area (Å²) in [4.78, 5) is 0. The lowest BCUT2D eigenvalue weighted by Gasteiger charge is -2.04. The summed E-state index contributed by atoms with van der Waals surface area (Å²) in [5.41, 5.74) is 7.32. The molecule has 0 amide bonds. The van der Waals surface area contributed by atoms with E-state index in [1.807, 2.05) is 12.1 Å². The van der Waals surface area contributed by atoms with E-state index in [0.29, 0.717) is 18.7 Å². The predicted molar refractivity (Wildman–Crippen MR) is 91.1 cm³/mol. The van der Waals surface area contributed by atoms with E-state index in [2.05, 4.69) is 6.58 Å². The van der Waals surface area contributed by atoms with Crippen molar-refractivity contribution in [1.82, 2.24) is 0 Å². The molecule has 0 aliphatic carbocycles. The molecule has 2 rings (SSSR count). The second kappa shape index (κ2) is 9.38. The van der Waals surface area contributed by atoms with Crippen LogP contribution >= 0.6 is 0 Å². The van der Waals surface area contributed by atoms with Gasteiger partial charge < -0.3 is 25.8 Å². The maximum absolute atomic E-state index is 9.25. The maximum Gasteiger partial charge on any atom is 0.160 e. The third-order valence-corrected chi connectivity index (χ3v) is 3.10. The molecule has 0 atom stereocenters. The first-order valence-corrected chi connectivity index (χ1v) is 7.19. The minimum atomic E-state index is -0.0919. The van der Waals surface area contributed by atoms with Gasteiger partial charge >= 0.3 is 0 Å². The normalized spacial score (nSPS) is 9.65.